The molecule has 2 N–H and O–H groups in total. The van der Waals surface area contributed by atoms with Crippen LogP contribution in [0.1, 0.15) is 24.2 Å². The first-order chi connectivity index (χ1) is 8.90. The summed E-state index contributed by atoms with van der Waals surface area (Å²) >= 11 is 8.10. The highest BCUT2D eigenvalue weighted by Gasteiger charge is 2.20. The second-order valence-corrected chi connectivity index (χ2v) is 6.04. The Bertz CT molecular complexity index is 465. The van der Waals surface area contributed by atoms with Crippen LogP contribution in [0, 0.1) is 9.49 Å². The number of hydrogen-bond donors (Lipinski definition) is 2. The third-order valence-corrected chi connectivity index (χ3v) is 4.33. The lowest BCUT2D eigenvalue weighted by Gasteiger charge is -2.20. The molecule has 0 saturated heterocycles. The monoisotopic (exact) mass is 397 g/mol. The topological polar surface area (TPSA) is 58.6 Å². The molecule has 1 atom stereocenters. The van der Waals surface area contributed by atoms with Gasteiger partial charge < -0.3 is 15.2 Å². The summed E-state index contributed by atoms with van der Waals surface area (Å²) < 4.78 is 6.01. The maximum absolute atomic E-state index is 12.2. The number of methoxy groups -OCH3 is 1. The van der Waals surface area contributed by atoms with E-state index in [2.05, 4.69) is 27.9 Å². The molecule has 0 fully saturated rings. The first-order valence-electron chi connectivity index (χ1n) is 5.85. The minimum absolute atomic E-state index is 0.107. The van der Waals surface area contributed by atoms with E-state index in [0.29, 0.717) is 16.3 Å². The van der Waals surface area contributed by atoms with Crippen molar-refractivity contribution < 1.29 is 14.6 Å². The fourth-order valence-corrected chi connectivity index (χ4v) is 2.15. The third kappa shape index (κ3) is 4.22. The average Bonchev–Trinajstić information content (AvgIpc) is 2.37. The Labute approximate surface area is 131 Å². The lowest BCUT2D eigenvalue weighted by molar-refractivity contribution is 0.0894. The summed E-state index contributed by atoms with van der Waals surface area (Å²) in [6.45, 7) is 3.75. The summed E-state index contributed by atoms with van der Waals surface area (Å²) in [6, 6.07) is 2.99. The Morgan fingerprint density at radius 2 is 2.16 bits per heavy atom. The molecule has 0 aliphatic rings. The third-order valence-electron chi connectivity index (χ3n) is 2.80. The first-order valence-corrected chi connectivity index (χ1v) is 7.31. The van der Waals surface area contributed by atoms with Crippen LogP contribution >= 0.6 is 34.2 Å². The van der Waals surface area contributed by atoms with Crippen LogP contribution in [0.4, 0.5) is 0 Å². The molecule has 0 unspecified atom stereocenters. The highest BCUT2D eigenvalue weighted by atomic mass is 127. The van der Waals surface area contributed by atoms with Gasteiger partial charge >= 0.3 is 0 Å². The second-order valence-electron chi connectivity index (χ2n) is 4.47. The van der Waals surface area contributed by atoms with Gasteiger partial charge in [-0.05, 0) is 40.6 Å². The molecule has 0 aliphatic carbocycles. The van der Waals surface area contributed by atoms with E-state index < -0.39 is 0 Å². The van der Waals surface area contributed by atoms with E-state index in [9.17, 15) is 9.90 Å². The normalized spacial score (nSPS) is 12.4. The molecule has 1 aromatic carbocycles. The van der Waals surface area contributed by atoms with E-state index >= 15 is 0 Å². The molecule has 0 saturated carbocycles. The summed E-state index contributed by atoms with van der Waals surface area (Å²) in [5.74, 6) is 0.300. The van der Waals surface area contributed by atoms with E-state index in [1.807, 2.05) is 13.8 Å². The van der Waals surface area contributed by atoms with Gasteiger partial charge in [-0.2, -0.15) is 0 Å². The Morgan fingerprint density at radius 1 is 1.53 bits per heavy atom. The van der Waals surface area contributed by atoms with Gasteiger partial charge in [0.05, 0.1) is 30.3 Å². The number of aliphatic hydroxyl groups excluding tert-OH is 1. The number of hydrogen-bond acceptors (Lipinski definition) is 3. The van der Waals surface area contributed by atoms with Crippen molar-refractivity contribution in [1.29, 1.82) is 0 Å². The van der Waals surface area contributed by atoms with Crippen molar-refractivity contribution in [3.05, 3.63) is 26.3 Å². The summed E-state index contributed by atoms with van der Waals surface area (Å²) in [5, 5.41) is 12.5. The molecule has 4 nitrogen and oxygen atoms in total. The van der Waals surface area contributed by atoms with Crippen molar-refractivity contribution >= 4 is 40.1 Å². The van der Waals surface area contributed by atoms with Crippen LogP contribution in [0.2, 0.25) is 5.02 Å². The molecule has 0 heterocycles. The van der Waals surface area contributed by atoms with Crippen molar-refractivity contribution in [3.8, 4) is 5.75 Å². The zero-order valence-electron chi connectivity index (χ0n) is 11.0. The molecule has 1 amide bonds. The lowest BCUT2D eigenvalue weighted by Crippen LogP contribution is -2.41. The zero-order chi connectivity index (χ0) is 14.6. The van der Waals surface area contributed by atoms with Gasteiger partial charge in [0.25, 0.3) is 5.91 Å². The van der Waals surface area contributed by atoms with Gasteiger partial charge in [0.15, 0.2) is 0 Å². The van der Waals surface area contributed by atoms with Crippen LogP contribution in [-0.2, 0) is 0 Å². The number of nitrogens with one attached hydrogen (secondary N) is 1. The Balaban J connectivity index is 3.02. The predicted octanol–water partition coefficient (Wildman–Crippen LogP) is 2.70. The number of aliphatic hydroxyl groups is 1. The number of carbonyl (C=O) groups is 1. The number of carbonyl (C=O) groups excluding carboxylic acids is 1. The Hall–Kier alpha value is -0.530. The highest BCUT2D eigenvalue weighted by molar-refractivity contribution is 14.1. The molecule has 19 heavy (non-hydrogen) atoms. The molecule has 0 bridgehead atoms. The van der Waals surface area contributed by atoms with Crippen LogP contribution in [0.15, 0.2) is 12.1 Å². The molecule has 106 valence electrons. The Kier molecular flexibility index (Phi) is 6.35. The lowest BCUT2D eigenvalue weighted by atomic mass is 10.0. The number of halogens is 2. The van der Waals surface area contributed by atoms with Gasteiger partial charge in [-0.15, -0.1) is 0 Å². The van der Waals surface area contributed by atoms with E-state index in [1.165, 1.54) is 7.11 Å². The van der Waals surface area contributed by atoms with Gasteiger partial charge in [0, 0.05) is 3.57 Å². The molecule has 0 aromatic heterocycles. The van der Waals surface area contributed by atoms with Crippen molar-refractivity contribution in [2.24, 2.45) is 5.92 Å². The van der Waals surface area contributed by atoms with Crippen LogP contribution in [0.3, 0.4) is 0 Å². The quantitative estimate of drug-likeness (QED) is 0.751. The minimum atomic E-state index is -0.303. The molecule has 1 aromatic rings. The molecule has 1 rings (SSSR count). The second kappa shape index (κ2) is 7.31. The summed E-state index contributed by atoms with van der Waals surface area (Å²) in [5.41, 5.74) is 0.368. The number of rotatable bonds is 5. The summed E-state index contributed by atoms with van der Waals surface area (Å²) in [4.78, 5) is 12.2. The van der Waals surface area contributed by atoms with Crippen LogP contribution in [0.25, 0.3) is 0 Å². The molecule has 0 aliphatic heterocycles. The number of ether oxygens (including phenoxy) is 1. The summed E-state index contributed by atoms with van der Waals surface area (Å²) in [6.07, 6.45) is 0. The first kappa shape index (κ1) is 16.5. The fraction of sp³-hybridized carbons (Fsp3) is 0.462. The van der Waals surface area contributed by atoms with Gasteiger partial charge in [-0.3, -0.25) is 4.79 Å². The number of benzene rings is 1. The minimum Gasteiger partial charge on any atom is -0.496 e. The maximum atomic E-state index is 12.2. The SMILES string of the molecule is COc1cc(I)c(Cl)cc1C(=O)N[C@H](CO)C(C)C. The van der Waals surface area contributed by atoms with Crippen molar-refractivity contribution in [3.63, 3.8) is 0 Å². The van der Waals surface area contributed by atoms with Crippen molar-refractivity contribution in [1.82, 2.24) is 5.32 Å². The fourth-order valence-electron chi connectivity index (χ4n) is 1.54. The summed E-state index contributed by atoms with van der Waals surface area (Å²) in [7, 11) is 1.50. The number of amides is 1. The van der Waals surface area contributed by atoms with E-state index in [0.717, 1.165) is 3.57 Å². The highest BCUT2D eigenvalue weighted by Crippen LogP contribution is 2.28. The standard InChI is InChI=1S/C13H17ClINO3/c1-7(2)11(6-17)16-13(18)8-4-9(14)10(15)5-12(8)19-3/h4-5,7,11,17H,6H2,1-3H3,(H,16,18)/t11-/m1/s1. The maximum Gasteiger partial charge on any atom is 0.255 e. The zero-order valence-corrected chi connectivity index (χ0v) is 13.9. The van der Waals surface area contributed by atoms with Crippen LogP contribution in [-0.4, -0.2) is 30.8 Å². The van der Waals surface area contributed by atoms with Crippen LogP contribution in [0.5, 0.6) is 5.75 Å². The van der Waals surface area contributed by atoms with Crippen molar-refractivity contribution in [2.75, 3.05) is 13.7 Å². The smallest absolute Gasteiger partial charge is 0.255 e. The van der Waals surface area contributed by atoms with E-state index in [1.54, 1.807) is 12.1 Å². The van der Waals surface area contributed by atoms with Gasteiger partial charge in [0.2, 0.25) is 0 Å². The average molecular weight is 398 g/mol. The Morgan fingerprint density at radius 3 is 2.63 bits per heavy atom. The molecular weight excluding hydrogens is 381 g/mol. The molecule has 6 heteroatoms. The van der Waals surface area contributed by atoms with Gasteiger partial charge in [-0.25, -0.2) is 0 Å². The van der Waals surface area contributed by atoms with Crippen LogP contribution < -0.4 is 10.1 Å². The van der Waals surface area contributed by atoms with Crippen molar-refractivity contribution in [2.45, 2.75) is 19.9 Å². The van der Waals surface area contributed by atoms with E-state index in [4.69, 9.17) is 16.3 Å². The van der Waals surface area contributed by atoms with Gasteiger partial charge in [0.1, 0.15) is 5.75 Å². The largest absolute Gasteiger partial charge is 0.496 e. The molecular formula is C13H17ClINO3. The molecule has 0 radical (unpaired) electrons. The molecule has 0 spiro atoms. The van der Waals surface area contributed by atoms with Gasteiger partial charge in [-0.1, -0.05) is 25.4 Å². The predicted molar refractivity (Wildman–Crippen MR) is 83.9 cm³/mol. The van der Waals surface area contributed by atoms with E-state index in [-0.39, 0.29) is 24.5 Å².